The molecule has 0 radical (unpaired) electrons. The van der Waals surface area contributed by atoms with Crippen molar-refractivity contribution in [1.29, 1.82) is 0 Å². The van der Waals surface area contributed by atoms with Gasteiger partial charge in [0.1, 0.15) is 0 Å². The number of carboxylic acid groups (broad SMARTS) is 1. The molecular formula is C6H7N3O4. The van der Waals surface area contributed by atoms with E-state index in [1.807, 2.05) is 0 Å². The summed E-state index contributed by atoms with van der Waals surface area (Å²) in [6, 6.07) is 0. The minimum absolute atomic E-state index is 0.192. The Morgan fingerprint density at radius 3 is 2.85 bits per heavy atom. The zero-order valence-electron chi connectivity index (χ0n) is 6.43. The van der Waals surface area contributed by atoms with Crippen LogP contribution < -0.4 is 11.1 Å². The van der Waals surface area contributed by atoms with Crippen molar-refractivity contribution in [2.75, 3.05) is 0 Å². The SMILES string of the molecule is NC(=O)OC1=CNC=CN1C(=O)O. The third kappa shape index (κ3) is 2.12. The van der Waals surface area contributed by atoms with Crippen LogP contribution in [0, 0.1) is 0 Å². The van der Waals surface area contributed by atoms with E-state index in [2.05, 4.69) is 10.1 Å². The molecule has 1 rings (SSSR count). The number of nitrogens with zero attached hydrogens (tertiary/aromatic N) is 1. The van der Waals surface area contributed by atoms with Crippen molar-refractivity contribution >= 4 is 12.2 Å². The van der Waals surface area contributed by atoms with Gasteiger partial charge in [-0.15, -0.1) is 0 Å². The quantitative estimate of drug-likeness (QED) is 0.530. The van der Waals surface area contributed by atoms with Gasteiger partial charge in [0.2, 0.25) is 5.88 Å². The highest BCUT2D eigenvalue weighted by Crippen LogP contribution is 2.09. The number of nitrogens with two attached hydrogens (primary N) is 1. The first-order valence-corrected chi connectivity index (χ1v) is 3.23. The molecule has 0 aromatic rings. The maximum atomic E-state index is 10.5. The van der Waals surface area contributed by atoms with Crippen LogP contribution in [-0.2, 0) is 4.74 Å². The molecule has 0 aromatic carbocycles. The molecule has 0 bridgehead atoms. The Labute approximate surface area is 73.1 Å². The molecule has 2 amide bonds. The van der Waals surface area contributed by atoms with Crippen LogP contribution in [0.4, 0.5) is 9.59 Å². The molecule has 0 saturated carbocycles. The third-order valence-corrected chi connectivity index (χ3v) is 1.18. The van der Waals surface area contributed by atoms with Crippen molar-refractivity contribution in [1.82, 2.24) is 10.2 Å². The van der Waals surface area contributed by atoms with Gasteiger partial charge in [0, 0.05) is 12.4 Å². The lowest BCUT2D eigenvalue weighted by atomic mass is 10.6. The van der Waals surface area contributed by atoms with Crippen LogP contribution in [0.1, 0.15) is 0 Å². The van der Waals surface area contributed by atoms with Gasteiger partial charge in [-0.05, 0) is 0 Å². The predicted molar refractivity (Wildman–Crippen MR) is 40.9 cm³/mol. The zero-order valence-corrected chi connectivity index (χ0v) is 6.43. The van der Waals surface area contributed by atoms with E-state index in [1.54, 1.807) is 0 Å². The highest BCUT2D eigenvalue weighted by molar-refractivity contribution is 5.71. The Balaban J connectivity index is 2.75. The van der Waals surface area contributed by atoms with E-state index in [0.717, 1.165) is 0 Å². The summed E-state index contributed by atoms with van der Waals surface area (Å²) in [6.07, 6.45) is 1.39. The summed E-state index contributed by atoms with van der Waals surface area (Å²) in [4.78, 5) is 21.6. The molecule has 0 aliphatic carbocycles. The van der Waals surface area contributed by atoms with Gasteiger partial charge in [-0.3, -0.25) is 0 Å². The number of hydrogen-bond donors (Lipinski definition) is 3. The lowest BCUT2D eigenvalue weighted by molar-refractivity contribution is 0.132. The number of carbonyl (C=O) groups excluding carboxylic acids is 1. The second kappa shape index (κ2) is 3.48. The summed E-state index contributed by atoms with van der Waals surface area (Å²) in [5.41, 5.74) is 4.71. The van der Waals surface area contributed by atoms with Crippen molar-refractivity contribution in [3.05, 3.63) is 24.5 Å². The molecule has 1 heterocycles. The Morgan fingerprint density at radius 1 is 1.62 bits per heavy atom. The maximum Gasteiger partial charge on any atom is 0.418 e. The van der Waals surface area contributed by atoms with E-state index < -0.39 is 12.2 Å². The molecule has 0 fully saturated rings. The van der Waals surface area contributed by atoms with Gasteiger partial charge in [-0.25, -0.2) is 14.5 Å². The Bertz CT molecular complexity index is 296. The van der Waals surface area contributed by atoms with Gasteiger partial charge >= 0.3 is 12.2 Å². The van der Waals surface area contributed by atoms with Crippen LogP contribution in [0.25, 0.3) is 0 Å². The molecular weight excluding hydrogens is 178 g/mol. The van der Waals surface area contributed by atoms with Crippen molar-refractivity contribution in [2.45, 2.75) is 0 Å². The van der Waals surface area contributed by atoms with Crippen molar-refractivity contribution < 1.29 is 19.4 Å². The normalized spacial score (nSPS) is 14.5. The van der Waals surface area contributed by atoms with Crippen LogP contribution in [-0.4, -0.2) is 22.2 Å². The van der Waals surface area contributed by atoms with E-state index in [-0.39, 0.29) is 5.88 Å². The first-order chi connectivity index (χ1) is 6.11. The van der Waals surface area contributed by atoms with E-state index in [1.165, 1.54) is 18.6 Å². The van der Waals surface area contributed by atoms with Crippen LogP contribution in [0.15, 0.2) is 24.5 Å². The highest BCUT2D eigenvalue weighted by atomic mass is 16.6. The Morgan fingerprint density at radius 2 is 2.31 bits per heavy atom. The molecule has 70 valence electrons. The average Bonchev–Trinajstić information content (AvgIpc) is 2.03. The Hall–Kier alpha value is -2.18. The van der Waals surface area contributed by atoms with Crippen LogP contribution >= 0.6 is 0 Å². The second-order valence-corrected chi connectivity index (χ2v) is 2.04. The number of carbonyl (C=O) groups is 2. The van der Waals surface area contributed by atoms with Gasteiger partial charge in [0.15, 0.2) is 0 Å². The molecule has 4 N–H and O–H groups in total. The molecule has 1 aliphatic heterocycles. The molecule has 0 atom stereocenters. The molecule has 0 saturated heterocycles. The highest BCUT2D eigenvalue weighted by Gasteiger charge is 2.19. The van der Waals surface area contributed by atoms with Crippen LogP contribution in [0.2, 0.25) is 0 Å². The average molecular weight is 185 g/mol. The second-order valence-electron chi connectivity index (χ2n) is 2.04. The number of amides is 2. The van der Waals surface area contributed by atoms with E-state index >= 15 is 0 Å². The van der Waals surface area contributed by atoms with E-state index in [9.17, 15) is 9.59 Å². The summed E-state index contributed by atoms with van der Waals surface area (Å²) in [7, 11) is 0. The summed E-state index contributed by atoms with van der Waals surface area (Å²) in [5, 5.41) is 11.1. The number of rotatable bonds is 1. The zero-order chi connectivity index (χ0) is 9.84. The Kier molecular flexibility index (Phi) is 2.38. The van der Waals surface area contributed by atoms with Gasteiger partial charge in [-0.1, -0.05) is 0 Å². The van der Waals surface area contributed by atoms with Crippen molar-refractivity contribution in [3.8, 4) is 0 Å². The number of primary amides is 1. The number of hydrogen-bond acceptors (Lipinski definition) is 4. The fourth-order valence-electron chi connectivity index (χ4n) is 0.720. The minimum Gasteiger partial charge on any atom is -0.464 e. The minimum atomic E-state index is -1.27. The summed E-state index contributed by atoms with van der Waals surface area (Å²) in [5.74, 6) is -0.192. The van der Waals surface area contributed by atoms with Gasteiger partial charge in [0.05, 0.1) is 6.20 Å². The van der Waals surface area contributed by atoms with E-state index in [4.69, 9.17) is 10.8 Å². The fourth-order valence-corrected chi connectivity index (χ4v) is 0.720. The molecule has 0 spiro atoms. The monoisotopic (exact) mass is 185 g/mol. The molecule has 0 aromatic heterocycles. The van der Waals surface area contributed by atoms with E-state index in [0.29, 0.717) is 4.90 Å². The smallest absolute Gasteiger partial charge is 0.418 e. The van der Waals surface area contributed by atoms with Crippen molar-refractivity contribution in [3.63, 3.8) is 0 Å². The number of ether oxygens (including phenoxy) is 1. The topological polar surface area (TPSA) is 105 Å². The largest absolute Gasteiger partial charge is 0.464 e. The fraction of sp³-hybridized carbons (Fsp3) is 0. The lowest BCUT2D eigenvalue weighted by Crippen LogP contribution is -2.31. The van der Waals surface area contributed by atoms with Gasteiger partial charge in [-0.2, -0.15) is 0 Å². The molecule has 13 heavy (non-hydrogen) atoms. The standard InChI is InChI=1S/C6H7N3O4/c7-5(10)13-4-3-8-1-2-9(4)6(11)12/h1-3,8H,(H2,7,10)(H,11,12). The summed E-state index contributed by atoms with van der Waals surface area (Å²) < 4.78 is 4.40. The van der Waals surface area contributed by atoms with Crippen molar-refractivity contribution in [2.24, 2.45) is 5.73 Å². The predicted octanol–water partition coefficient (Wildman–Crippen LogP) is -0.0650. The third-order valence-electron chi connectivity index (χ3n) is 1.18. The van der Waals surface area contributed by atoms with Crippen LogP contribution in [0.5, 0.6) is 0 Å². The lowest BCUT2D eigenvalue weighted by Gasteiger charge is -2.19. The maximum absolute atomic E-state index is 10.5. The molecule has 0 unspecified atom stereocenters. The summed E-state index contributed by atoms with van der Waals surface area (Å²) in [6.45, 7) is 0. The molecule has 7 heteroatoms. The number of nitrogens with one attached hydrogen (secondary N) is 1. The summed E-state index contributed by atoms with van der Waals surface area (Å²) >= 11 is 0. The van der Waals surface area contributed by atoms with Gasteiger partial charge in [0.25, 0.3) is 0 Å². The van der Waals surface area contributed by atoms with Crippen LogP contribution in [0.3, 0.4) is 0 Å². The molecule has 1 aliphatic rings. The van der Waals surface area contributed by atoms with Gasteiger partial charge < -0.3 is 20.9 Å². The first-order valence-electron chi connectivity index (χ1n) is 3.23. The first kappa shape index (κ1) is 8.91. The molecule has 7 nitrogen and oxygen atoms in total.